The molecule has 160 valence electrons. The number of fused-ring (bicyclic) bond motifs is 2. The van der Waals surface area contributed by atoms with Gasteiger partial charge in [-0.1, -0.05) is 24.3 Å². The average molecular weight is 416 g/mol. The molecule has 5 nitrogen and oxygen atoms in total. The molecule has 5 heteroatoms. The Morgan fingerprint density at radius 1 is 1.00 bits per heavy atom. The minimum Gasteiger partial charge on any atom is -0.497 e. The molecular weight excluding hydrogens is 386 g/mol. The SMILES string of the molecule is COc1ccc2cc([C@H](C)C(=O)Nc3ccc4c(ccn4CCN(C)C)c3)ccc2c1. The van der Waals surface area contributed by atoms with Crippen LogP contribution in [-0.2, 0) is 11.3 Å². The van der Waals surface area contributed by atoms with Crippen molar-refractivity contribution in [3.05, 3.63) is 72.4 Å². The van der Waals surface area contributed by atoms with Gasteiger partial charge >= 0.3 is 0 Å². The number of ether oxygens (including phenoxy) is 1. The Kier molecular flexibility index (Phi) is 5.96. The van der Waals surface area contributed by atoms with Gasteiger partial charge in [0.05, 0.1) is 13.0 Å². The lowest BCUT2D eigenvalue weighted by Crippen LogP contribution is -2.19. The highest BCUT2D eigenvalue weighted by Gasteiger charge is 2.16. The van der Waals surface area contributed by atoms with Crippen molar-refractivity contribution < 1.29 is 9.53 Å². The lowest BCUT2D eigenvalue weighted by atomic mass is 9.97. The van der Waals surface area contributed by atoms with Crippen LogP contribution in [0, 0.1) is 0 Å². The monoisotopic (exact) mass is 415 g/mol. The molecule has 0 fully saturated rings. The minimum atomic E-state index is -0.258. The number of aromatic nitrogens is 1. The van der Waals surface area contributed by atoms with E-state index in [9.17, 15) is 4.79 Å². The summed E-state index contributed by atoms with van der Waals surface area (Å²) in [4.78, 5) is 15.1. The second-order valence-corrected chi connectivity index (χ2v) is 8.27. The van der Waals surface area contributed by atoms with Crippen LogP contribution in [0.15, 0.2) is 66.9 Å². The molecule has 4 rings (SSSR count). The van der Waals surface area contributed by atoms with Crippen LogP contribution in [0.3, 0.4) is 0 Å². The number of anilines is 1. The van der Waals surface area contributed by atoms with E-state index in [0.717, 1.165) is 46.2 Å². The zero-order chi connectivity index (χ0) is 22.0. The van der Waals surface area contributed by atoms with Crippen LogP contribution in [0.4, 0.5) is 5.69 Å². The maximum Gasteiger partial charge on any atom is 0.231 e. The molecule has 1 atom stereocenters. The fraction of sp³-hybridized carbons (Fsp3) is 0.269. The lowest BCUT2D eigenvalue weighted by molar-refractivity contribution is -0.117. The molecule has 1 heterocycles. The summed E-state index contributed by atoms with van der Waals surface area (Å²) < 4.78 is 7.54. The van der Waals surface area contributed by atoms with Crippen molar-refractivity contribution in [1.82, 2.24) is 9.47 Å². The predicted octanol–water partition coefficient (Wildman–Crippen LogP) is 5.11. The zero-order valence-electron chi connectivity index (χ0n) is 18.6. The number of rotatable bonds is 7. The molecular formula is C26H29N3O2. The van der Waals surface area contributed by atoms with E-state index in [1.54, 1.807) is 7.11 Å². The maximum atomic E-state index is 12.9. The number of methoxy groups -OCH3 is 1. The molecule has 31 heavy (non-hydrogen) atoms. The van der Waals surface area contributed by atoms with E-state index in [4.69, 9.17) is 4.74 Å². The van der Waals surface area contributed by atoms with Gasteiger partial charge in [-0.2, -0.15) is 0 Å². The highest BCUT2D eigenvalue weighted by molar-refractivity contribution is 5.98. The number of benzene rings is 3. The standard InChI is InChI=1S/C26H29N3O2/c1-18(19-5-6-21-17-24(31-4)9-7-20(21)15-19)26(30)27-23-8-10-25-22(16-23)11-12-29(25)14-13-28(2)3/h5-12,15-18H,13-14H2,1-4H3,(H,27,30)/t18-/m0/s1. The van der Waals surface area contributed by atoms with Gasteiger partial charge in [-0.25, -0.2) is 0 Å². The minimum absolute atomic E-state index is 0.0146. The molecule has 1 N–H and O–H groups in total. The van der Waals surface area contributed by atoms with Crippen molar-refractivity contribution in [2.75, 3.05) is 33.1 Å². The van der Waals surface area contributed by atoms with Gasteiger partial charge in [0.15, 0.2) is 0 Å². The molecule has 0 spiro atoms. The van der Waals surface area contributed by atoms with Crippen molar-refractivity contribution in [1.29, 1.82) is 0 Å². The highest BCUT2D eigenvalue weighted by Crippen LogP contribution is 2.27. The van der Waals surface area contributed by atoms with Gasteiger partial charge in [0.25, 0.3) is 0 Å². The molecule has 3 aromatic carbocycles. The Bertz CT molecular complexity index is 1230. The summed E-state index contributed by atoms with van der Waals surface area (Å²) in [7, 11) is 5.82. The Morgan fingerprint density at radius 2 is 1.77 bits per heavy atom. The summed E-state index contributed by atoms with van der Waals surface area (Å²) in [6.07, 6.45) is 2.10. The quantitative estimate of drug-likeness (QED) is 0.456. The van der Waals surface area contributed by atoms with E-state index in [1.807, 2.05) is 49.4 Å². The molecule has 1 aromatic heterocycles. The number of hydrogen-bond donors (Lipinski definition) is 1. The number of carbonyl (C=O) groups excluding carboxylic acids is 1. The first-order valence-corrected chi connectivity index (χ1v) is 10.6. The second-order valence-electron chi connectivity index (χ2n) is 8.27. The van der Waals surface area contributed by atoms with Crippen molar-refractivity contribution in [2.45, 2.75) is 19.4 Å². The van der Waals surface area contributed by atoms with E-state index in [-0.39, 0.29) is 11.8 Å². The van der Waals surface area contributed by atoms with E-state index in [0.29, 0.717) is 0 Å². The van der Waals surface area contributed by atoms with Gasteiger partial charge in [0.2, 0.25) is 5.91 Å². The molecule has 0 saturated heterocycles. The topological polar surface area (TPSA) is 46.5 Å². The van der Waals surface area contributed by atoms with Crippen molar-refractivity contribution in [2.24, 2.45) is 0 Å². The third-order valence-electron chi connectivity index (χ3n) is 5.79. The number of nitrogens with one attached hydrogen (secondary N) is 1. The Balaban J connectivity index is 1.49. The molecule has 0 aliphatic carbocycles. The fourth-order valence-corrected chi connectivity index (χ4v) is 3.82. The summed E-state index contributed by atoms with van der Waals surface area (Å²) >= 11 is 0. The summed E-state index contributed by atoms with van der Waals surface area (Å²) in [6.45, 7) is 3.86. The van der Waals surface area contributed by atoms with E-state index >= 15 is 0 Å². The maximum absolute atomic E-state index is 12.9. The van der Waals surface area contributed by atoms with Crippen LogP contribution in [0.25, 0.3) is 21.7 Å². The van der Waals surface area contributed by atoms with Gasteiger partial charge in [0, 0.05) is 35.9 Å². The van der Waals surface area contributed by atoms with Crippen LogP contribution in [0.5, 0.6) is 5.75 Å². The second kappa shape index (κ2) is 8.82. The molecule has 0 aliphatic heterocycles. The average Bonchev–Trinajstić information content (AvgIpc) is 3.18. The summed E-state index contributed by atoms with van der Waals surface area (Å²) in [5.74, 6) is 0.558. The lowest BCUT2D eigenvalue weighted by Gasteiger charge is -2.14. The Morgan fingerprint density at radius 3 is 2.55 bits per heavy atom. The van der Waals surface area contributed by atoms with Gasteiger partial charge in [-0.3, -0.25) is 4.79 Å². The van der Waals surface area contributed by atoms with Gasteiger partial charge in [0.1, 0.15) is 5.75 Å². The molecule has 0 radical (unpaired) electrons. The number of nitrogens with zero attached hydrogens (tertiary/aromatic N) is 2. The van der Waals surface area contributed by atoms with Crippen LogP contribution >= 0.6 is 0 Å². The number of hydrogen-bond acceptors (Lipinski definition) is 3. The van der Waals surface area contributed by atoms with Crippen molar-refractivity contribution in [3.8, 4) is 5.75 Å². The number of amides is 1. The molecule has 4 aromatic rings. The van der Waals surface area contributed by atoms with Crippen LogP contribution in [0.2, 0.25) is 0 Å². The first-order valence-electron chi connectivity index (χ1n) is 10.6. The largest absolute Gasteiger partial charge is 0.497 e. The number of likely N-dealkylation sites (N-methyl/N-ethyl adjacent to an activating group) is 1. The van der Waals surface area contributed by atoms with Crippen LogP contribution < -0.4 is 10.1 Å². The normalized spacial score (nSPS) is 12.4. The van der Waals surface area contributed by atoms with Gasteiger partial charge in [-0.15, -0.1) is 0 Å². The first-order chi connectivity index (χ1) is 14.9. The van der Waals surface area contributed by atoms with Crippen molar-refractivity contribution >= 4 is 33.3 Å². The molecule has 0 unspecified atom stereocenters. The molecule has 0 aliphatic rings. The van der Waals surface area contributed by atoms with Gasteiger partial charge in [-0.05, 0) is 73.8 Å². The first kappa shape index (κ1) is 20.9. The molecule has 0 saturated carbocycles. The third kappa shape index (κ3) is 4.57. The summed E-state index contributed by atoms with van der Waals surface area (Å²) in [5, 5.41) is 6.40. The zero-order valence-corrected chi connectivity index (χ0v) is 18.6. The molecule has 1 amide bonds. The van der Waals surface area contributed by atoms with Crippen LogP contribution in [0.1, 0.15) is 18.4 Å². The fourth-order valence-electron chi connectivity index (χ4n) is 3.82. The summed E-state index contributed by atoms with van der Waals surface area (Å²) in [5.41, 5.74) is 2.99. The Labute approximate surface area is 183 Å². The van der Waals surface area contributed by atoms with E-state index < -0.39 is 0 Å². The third-order valence-corrected chi connectivity index (χ3v) is 5.79. The van der Waals surface area contributed by atoms with Crippen molar-refractivity contribution in [3.63, 3.8) is 0 Å². The van der Waals surface area contributed by atoms with Crippen LogP contribution in [-0.4, -0.2) is 43.1 Å². The van der Waals surface area contributed by atoms with Gasteiger partial charge < -0.3 is 19.5 Å². The number of carbonyl (C=O) groups is 1. The summed E-state index contributed by atoms with van der Waals surface area (Å²) in [6, 6.07) is 20.3. The smallest absolute Gasteiger partial charge is 0.231 e. The Hall–Kier alpha value is -3.31. The van der Waals surface area contributed by atoms with E-state index in [1.165, 1.54) is 5.52 Å². The molecule has 0 bridgehead atoms. The van der Waals surface area contributed by atoms with E-state index in [2.05, 4.69) is 53.3 Å². The highest BCUT2D eigenvalue weighted by atomic mass is 16.5. The predicted molar refractivity (Wildman–Crippen MR) is 128 cm³/mol.